The van der Waals surface area contributed by atoms with Gasteiger partial charge in [0, 0.05) is 5.69 Å². The smallest absolute Gasteiger partial charge is 0.253 e. The lowest BCUT2D eigenvalue weighted by atomic mass is 10.1. The number of nitrogen functional groups attached to an aromatic ring is 1. The van der Waals surface area contributed by atoms with E-state index in [9.17, 15) is 9.90 Å². The average Bonchev–Trinajstić information content (AvgIpc) is 2.69. The number of hydrogen-bond donors (Lipinski definition) is 3. The third-order valence-corrected chi connectivity index (χ3v) is 2.75. The van der Waals surface area contributed by atoms with Gasteiger partial charge in [0.1, 0.15) is 11.5 Å². The van der Waals surface area contributed by atoms with Crippen LogP contribution < -0.4 is 11.1 Å². The molecular formula is C13H15N3O3. The Kier molecular flexibility index (Phi) is 3.41. The molecule has 4 N–H and O–H groups in total. The van der Waals surface area contributed by atoms with Crippen LogP contribution in [0.1, 0.15) is 27.7 Å². The number of amides is 1. The summed E-state index contributed by atoms with van der Waals surface area (Å²) in [4.78, 5) is 16.1. The van der Waals surface area contributed by atoms with Crippen LogP contribution in [0.2, 0.25) is 0 Å². The Balaban J connectivity index is 2.07. The van der Waals surface area contributed by atoms with Gasteiger partial charge in [0.05, 0.1) is 17.8 Å². The fraction of sp³-hybridized carbons (Fsp3) is 0.231. The molecule has 2 aromatic rings. The predicted octanol–water partition coefficient (Wildman–Crippen LogP) is 1.51. The van der Waals surface area contributed by atoms with Crippen LogP contribution >= 0.6 is 0 Å². The monoisotopic (exact) mass is 261 g/mol. The summed E-state index contributed by atoms with van der Waals surface area (Å²) < 4.78 is 5.35. The van der Waals surface area contributed by atoms with Crippen molar-refractivity contribution in [2.45, 2.75) is 20.4 Å². The van der Waals surface area contributed by atoms with E-state index in [1.807, 2.05) is 6.92 Å². The van der Waals surface area contributed by atoms with Crippen LogP contribution in [0.25, 0.3) is 0 Å². The number of rotatable bonds is 3. The van der Waals surface area contributed by atoms with E-state index in [4.69, 9.17) is 10.2 Å². The van der Waals surface area contributed by atoms with Gasteiger partial charge in [-0.2, -0.15) is 0 Å². The van der Waals surface area contributed by atoms with Gasteiger partial charge in [-0.3, -0.25) is 4.79 Å². The zero-order valence-electron chi connectivity index (χ0n) is 10.7. The van der Waals surface area contributed by atoms with Gasteiger partial charge in [0.25, 0.3) is 5.91 Å². The van der Waals surface area contributed by atoms with Gasteiger partial charge < -0.3 is 20.6 Å². The third kappa shape index (κ3) is 2.85. The molecule has 6 nitrogen and oxygen atoms in total. The first-order valence-electron chi connectivity index (χ1n) is 5.77. The number of phenols is 1. The van der Waals surface area contributed by atoms with E-state index < -0.39 is 0 Å². The van der Waals surface area contributed by atoms with E-state index in [0.717, 1.165) is 11.5 Å². The van der Waals surface area contributed by atoms with Crippen molar-refractivity contribution < 1.29 is 14.3 Å². The summed E-state index contributed by atoms with van der Waals surface area (Å²) in [5.74, 6) is 0.757. The van der Waals surface area contributed by atoms with Crippen molar-refractivity contribution >= 4 is 11.6 Å². The van der Waals surface area contributed by atoms with Crippen LogP contribution in [0.5, 0.6) is 5.75 Å². The Morgan fingerprint density at radius 1 is 1.47 bits per heavy atom. The van der Waals surface area contributed by atoms with E-state index >= 15 is 0 Å². The Morgan fingerprint density at radius 3 is 2.84 bits per heavy atom. The number of anilines is 1. The van der Waals surface area contributed by atoms with Crippen LogP contribution in [0.4, 0.5) is 5.69 Å². The lowest BCUT2D eigenvalue weighted by molar-refractivity contribution is 0.0947. The van der Waals surface area contributed by atoms with Gasteiger partial charge in [-0.25, -0.2) is 4.98 Å². The second-order valence-corrected chi connectivity index (χ2v) is 4.20. The molecule has 0 saturated heterocycles. The number of benzene rings is 1. The predicted molar refractivity (Wildman–Crippen MR) is 69.7 cm³/mol. The number of carbonyl (C=O) groups excluding carboxylic acids is 1. The van der Waals surface area contributed by atoms with Crippen molar-refractivity contribution in [1.82, 2.24) is 10.3 Å². The number of carbonyl (C=O) groups is 1. The highest BCUT2D eigenvalue weighted by molar-refractivity contribution is 5.99. The number of oxazole rings is 1. The Hall–Kier alpha value is -2.50. The lowest BCUT2D eigenvalue weighted by Crippen LogP contribution is -2.23. The molecule has 0 aliphatic carbocycles. The molecule has 0 spiro atoms. The molecule has 0 radical (unpaired) electrons. The number of hydrogen-bond acceptors (Lipinski definition) is 5. The standard InChI is InChI=1S/C13H15N3O3/c1-7-8(2)19-12(16-7)6-15-13(18)10-5-9(17)3-4-11(10)14/h3-5,17H,6,14H2,1-2H3,(H,15,18). The fourth-order valence-electron chi connectivity index (χ4n) is 1.61. The lowest BCUT2D eigenvalue weighted by Gasteiger charge is -2.06. The molecule has 0 atom stereocenters. The molecule has 1 amide bonds. The number of nitrogens with one attached hydrogen (secondary N) is 1. The zero-order valence-corrected chi connectivity index (χ0v) is 10.7. The van der Waals surface area contributed by atoms with Gasteiger partial charge in [-0.1, -0.05) is 0 Å². The molecule has 100 valence electrons. The molecular weight excluding hydrogens is 246 g/mol. The Labute approximate surface area is 110 Å². The van der Waals surface area contributed by atoms with Gasteiger partial charge in [0.2, 0.25) is 5.89 Å². The molecule has 6 heteroatoms. The molecule has 0 aliphatic rings. The van der Waals surface area contributed by atoms with E-state index in [1.54, 1.807) is 6.92 Å². The van der Waals surface area contributed by atoms with Crippen molar-refractivity contribution in [3.63, 3.8) is 0 Å². The van der Waals surface area contributed by atoms with Crippen molar-refractivity contribution in [2.24, 2.45) is 0 Å². The number of nitrogens with zero attached hydrogens (tertiary/aromatic N) is 1. The molecule has 0 aliphatic heterocycles. The van der Waals surface area contributed by atoms with Crippen molar-refractivity contribution in [3.8, 4) is 5.75 Å². The molecule has 19 heavy (non-hydrogen) atoms. The molecule has 1 aromatic heterocycles. The zero-order chi connectivity index (χ0) is 14.0. The summed E-state index contributed by atoms with van der Waals surface area (Å²) >= 11 is 0. The van der Waals surface area contributed by atoms with Crippen molar-refractivity contribution in [3.05, 3.63) is 41.1 Å². The van der Waals surface area contributed by atoms with Crippen LogP contribution in [-0.2, 0) is 6.54 Å². The first kappa shape index (κ1) is 12.9. The highest BCUT2D eigenvalue weighted by Gasteiger charge is 2.12. The van der Waals surface area contributed by atoms with Gasteiger partial charge in [-0.05, 0) is 32.0 Å². The summed E-state index contributed by atoms with van der Waals surface area (Å²) in [6, 6.07) is 4.22. The molecule has 1 heterocycles. The summed E-state index contributed by atoms with van der Waals surface area (Å²) in [5.41, 5.74) is 6.99. The molecule has 1 aromatic carbocycles. The summed E-state index contributed by atoms with van der Waals surface area (Å²) in [6.45, 7) is 3.81. The van der Waals surface area contributed by atoms with Crippen LogP contribution in [-0.4, -0.2) is 16.0 Å². The number of aryl methyl sites for hydroxylation is 2. The van der Waals surface area contributed by atoms with Crippen molar-refractivity contribution in [2.75, 3.05) is 5.73 Å². The first-order valence-corrected chi connectivity index (χ1v) is 5.77. The van der Waals surface area contributed by atoms with E-state index in [1.165, 1.54) is 18.2 Å². The fourth-order valence-corrected chi connectivity index (χ4v) is 1.61. The maximum atomic E-state index is 11.9. The van der Waals surface area contributed by atoms with E-state index in [2.05, 4.69) is 10.3 Å². The topological polar surface area (TPSA) is 101 Å². The summed E-state index contributed by atoms with van der Waals surface area (Å²) in [6.07, 6.45) is 0. The summed E-state index contributed by atoms with van der Waals surface area (Å²) in [5, 5.41) is 12.0. The SMILES string of the molecule is Cc1nc(CNC(=O)c2cc(O)ccc2N)oc1C. The van der Waals surface area contributed by atoms with Gasteiger partial charge in [-0.15, -0.1) is 0 Å². The van der Waals surface area contributed by atoms with Crippen molar-refractivity contribution in [1.29, 1.82) is 0 Å². The maximum Gasteiger partial charge on any atom is 0.253 e. The van der Waals surface area contributed by atoms with Gasteiger partial charge >= 0.3 is 0 Å². The molecule has 0 saturated carbocycles. The second-order valence-electron chi connectivity index (χ2n) is 4.20. The second kappa shape index (κ2) is 5.01. The molecule has 0 unspecified atom stereocenters. The van der Waals surface area contributed by atoms with Crippen LogP contribution in [0.15, 0.2) is 22.6 Å². The molecule has 0 bridgehead atoms. The summed E-state index contributed by atoms with van der Waals surface area (Å²) in [7, 11) is 0. The van der Waals surface area contributed by atoms with Crippen LogP contribution in [0.3, 0.4) is 0 Å². The highest BCUT2D eigenvalue weighted by Crippen LogP contribution is 2.18. The highest BCUT2D eigenvalue weighted by atomic mass is 16.4. The average molecular weight is 261 g/mol. The number of nitrogens with two attached hydrogens (primary N) is 1. The normalized spacial score (nSPS) is 10.4. The Bertz CT molecular complexity index is 600. The number of phenolic OH excluding ortho intramolecular Hbond substituents is 1. The minimum Gasteiger partial charge on any atom is -0.508 e. The van der Waals surface area contributed by atoms with E-state index in [0.29, 0.717) is 11.6 Å². The first-order chi connectivity index (χ1) is 8.97. The maximum absolute atomic E-state index is 11.9. The minimum absolute atomic E-state index is 0.0119. The van der Waals surface area contributed by atoms with Gasteiger partial charge in [0.15, 0.2) is 0 Å². The largest absolute Gasteiger partial charge is 0.508 e. The number of aromatic hydroxyl groups is 1. The van der Waals surface area contributed by atoms with E-state index in [-0.39, 0.29) is 23.8 Å². The quantitative estimate of drug-likeness (QED) is 0.574. The van der Waals surface area contributed by atoms with Crippen LogP contribution in [0, 0.1) is 13.8 Å². The minimum atomic E-state index is -0.387. The third-order valence-electron chi connectivity index (χ3n) is 2.75. The number of aromatic nitrogens is 1. The Morgan fingerprint density at radius 2 is 2.21 bits per heavy atom. The molecule has 2 rings (SSSR count). The molecule has 0 fully saturated rings.